The van der Waals surface area contributed by atoms with Crippen LogP contribution in [0.1, 0.15) is 0 Å². The molecule has 0 spiro atoms. The normalized spacial score (nSPS) is 16.2. The molecule has 0 radical (unpaired) electrons. The molecule has 1 unspecified atom stereocenters. The highest BCUT2D eigenvalue weighted by atomic mass is 35.5. The molecule has 4 heteroatoms. The molecule has 1 atom stereocenters. The lowest BCUT2D eigenvalue weighted by Crippen LogP contribution is -2.00. The van der Waals surface area contributed by atoms with Gasteiger partial charge in [0.2, 0.25) is 0 Å². The van der Waals surface area contributed by atoms with Crippen molar-refractivity contribution in [2.45, 2.75) is 6.17 Å². The quantitative estimate of drug-likeness (QED) is 0.583. The summed E-state index contributed by atoms with van der Waals surface area (Å²) >= 11 is 9.95. The Morgan fingerprint density at radius 2 is 2.25 bits per heavy atom. The van der Waals surface area contributed by atoms with Crippen molar-refractivity contribution in [1.82, 2.24) is 0 Å². The molecular weight excluding hydrogens is 157 g/mol. The van der Waals surface area contributed by atoms with Gasteiger partial charge in [0.15, 0.2) is 6.17 Å². The van der Waals surface area contributed by atoms with Gasteiger partial charge in [0.05, 0.1) is 5.03 Å². The van der Waals surface area contributed by atoms with Crippen molar-refractivity contribution in [3.8, 4) is 0 Å². The van der Waals surface area contributed by atoms with Gasteiger partial charge in [-0.3, -0.25) is 0 Å². The molecule has 0 saturated carbocycles. The second-order valence-electron chi connectivity index (χ2n) is 1.12. The molecule has 0 aliphatic heterocycles. The monoisotopic (exact) mass is 160 g/mol. The molecule has 0 heterocycles. The minimum absolute atomic E-state index is 0.297. The Morgan fingerprint density at radius 3 is 2.38 bits per heavy atom. The minimum Gasteiger partial charge on any atom is -0.247 e. The third-order valence-electron chi connectivity index (χ3n) is 0.539. The van der Waals surface area contributed by atoms with Gasteiger partial charge in [-0.2, -0.15) is 0 Å². The Kier molecular flexibility index (Phi) is 4.19. The highest BCUT2D eigenvalue weighted by molar-refractivity contribution is 6.36. The van der Waals surface area contributed by atoms with Crippen LogP contribution in [0, 0.1) is 0 Å². The molecule has 0 amide bonds. The topological polar surface area (TPSA) is 0 Å². The average molecular weight is 161 g/mol. The average Bonchev–Trinajstić information content (AvgIpc) is 1.84. The molecule has 0 fully saturated rings. The largest absolute Gasteiger partial charge is 0.247 e. The second kappa shape index (κ2) is 4.10. The first-order valence-corrected chi connectivity index (χ1v) is 2.69. The van der Waals surface area contributed by atoms with Crippen LogP contribution >= 0.6 is 23.2 Å². The highest BCUT2D eigenvalue weighted by Gasteiger charge is 2.08. The van der Waals surface area contributed by atoms with E-state index in [1.165, 1.54) is 0 Å². The van der Waals surface area contributed by atoms with E-state index in [1.807, 2.05) is 0 Å². The van der Waals surface area contributed by atoms with Crippen molar-refractivity contribution in [3.05, 3.63) is 10.6 Å². The molecule has 0 aromatic carbocycles. The van der Waals surface area contributed by atoms with Gasteiger partial charge in [-0.25, -0.2) is 8.78 Å². The van der Waals surface area contributed by atoms with E-state index in [9.17, 15) is 8.78 Å². The first kappa shape index (κ1) is 8.18. The fraction of sp³-hybridized carbons (Fsp3) is 0.500. The fourth-order valence-corrected chi connectivity index (χ4v) is 0.337. The van der Waals surface area contributed by atoms with Gasteiger partial charge >= 0.3 is 0 Å². The molecule has 0 aromatic heterocycles. The van der Waals surface area contributed by atoms with Crippen LogP contribution < -0.4 is 0 Å². The van der Waals surface area contributed by atoms with Crippen LogP contribution in [0.5, 0.6) is 0 Å². The van der Waals surface area contributed by atoms with Gasteiger partial charge in [0.1, 0.15) is 6.67 Å². The van der Waals surface area contributed by atoms with Crippen LogP contribution in [0.25, 0.3) is 0 Å². The predicted octanol–water partition coefficient (Wildman–Crippen LogP) is 2.61. The van der Waals surface area contributed by atoms with Crippen LogP contribution in [-0.2, 0) is 0 Å². The third kappa shape index (κ3) is 2.48. The number of rotatable bonds is 2. The van der Waals surface area contributed by atoms with Crippen molar-refractivity contribution in [3.63, 3.8) is 0 Å². The summed E-state index contributed by atoms with van der Waals surface area (Å²) in [7, 11) is 0. The van der Waals surface area contributed by atoms with Gasteiger partial charge in [-0.15, -0.1) is 0 Å². The van der Waals surface area contributed by atoms with Crippen LogP contribution in [-0.4, -0.2) is 12.8 Å². The van der Waals surface area contributed by atoms with E-state index in [0.717, 1.165) is 5.54 Å². The Bertz CT molecular complexity index is 92.0. The Labute approximate surface area is 56.1 Å². The maximum Gasteiger partial charge on any atom is 0.165 e. The summed E-state index contributed by atoms with van der Waals surface area (Å²) < 4.78 is 23.1. The highest BCUT2D eigenvalue weighted by Crippen LogP contribution is 2.12. The van der Waals surface area contributed by atoms with E-state index in [1.54, 1.807) is 0 Å². The van der Waals surface area contributed by atoms with E-state index in [0.29, 0.717) is 0 Å². The van der Waals surface area contributed by atoms with Crippen LogP contribution in [0.2, 0.25) is 0 Å². The molecule has 0 bridgehead atoms. The maximum absolute atomic E-state index is 11.9. The standard InChI is InChI=1S/C4H4Cl2F2/c5-1-3(6)4(8)2-7/h1,4H,2H2. The molecule has 0 rings (SSSR count). The van der Waals surface area contributed by atoms with Crippen molar-refractivity contribution in [2.75, 3.05) is 6.67 Å². The zero-order valence-electron chi connectivity index (χ0n) is 3.87. The van der Waals surface area contributed by atoms with Crippen LogP contribution in [0.4, 0.5) is 8.78 Å². The lowest BCUT2D eigenvalue weighted by molar-refractivity contribution is 0.305. The zero-order valence-corrected chi connectivity index (χ0v) is 5.39. The third-order valence-corrected chi connectivity index (χ3v) is 1.23. The van der Waals surface area contributed by atoms with Crippen LogP contribution in [0.15, 0.2) is 10.6 Å². The van der Waals surface area contributed by atoms with Gasteiger partial charge in [0, 0.05) is 5.54 Å². The summed E-state index contributed by atoms with van der Waals surface area (Å²) in [5.41, 5.74) is 0.811. The lowest BCUT2D eigenvalue weighted by Gasteiger charge is -1.96. The summed E-state index contributed by atoms with van der Waals surface area (Å²) in [5, 5.41) is -0.297. The smallest absolute Gasteiger partial charge is 0.165 e. The van der Waals surface area contributed by atoms with Crippen molar-refractivity contribution < 1.29 is 8.78 Å². The summed E-state index contributed by atoms with van der Waals surface area (Å²) in [5.74, 6) is 0. The Hall–Kier alpha value is 0.180. The Morgan fingerprint density at radius 1 is 1.75 bits per heavy atom. The van der Waals surface area contributed by atoms with E-state index in [-0.39, 0.29) is 5.03 Å². The molecule has 0 N–H and O–H groups in total. The summed E-state index contributed by atoms with van der Waals surface area (Å²) in [4.78, 5) is 0. The minimum atomic E-state index is -1.76. The van der Waals surface area contributed by atoms with Crippen molar-refractivity contribution in [1.29, 1.82) is 0 Å². The van der Waals surface area contributed by atoms with E-state index in [4.69, 9.17) is 23.2 Å². The number of hydrogen-bond acceptors (Lipinski definition) is 0. The number of alkyl halides is 2. The first-order valence-electron chi connectivity index (χ1n) is 1.88. The Balaban J connectivity index is 3.63. The molecule has 0 aromatic rings. The van der Waals surface area contributed by atoms with Gasteiger partial charge in [-0.05, 0) is 0 Å². The zero-order chi connectivity index (χ0) is 6.57. The van der Waals surface area contributed by atoms with Crippen molar-refractivity contribution >= 4 is 23.2 Å². The summed E-state index contributed by atoms with van der Waals surface area (Å²) in [6, 6.07) is 0. The number of allylic oxidation sites excluding steroid dienone is 1. The van der Waals surface area contributed by atoms with Gasteiger partial charge < -0.3 is 0 Å². The fourth-order valence-electron chi connectivity index (χ4n) is 0.142. The predicted molar refractivity (Wildman–Crippen MR) is 30.7 cm³/mol. The number of hydrogen-bond donors (Lipinski definition) is 0. The molecule has 0 nitrogen and oxygen atoms in total. The van der Waals surface area contributed by atoms with E-state index >= 15 is 0 Å². The number of halogens is 4. The molecule has 0 aliphatic carbocycles. The molecule has 0 saturated heterocycles. The molecule has 0 aliphatic rings. The lowest BCUT2D eigenvalue weighted by atomic mass is 10.4. The molecule has 8 heavy (non-hydrogen) atoms. The summed E-state index contributed by atoms with van der Waals surface area (Å²) in [6.07, 6.45) is -1.76. The first-order chi connectivity index (χ1) is 3.72. The van der Waals surface area contributed by atoms with Crippen LogP contribution in [0.3, 0.4) is 0 Å². The van der Waals surface area contributed by atoms with Gasteiger partial charge in [-0.1, -0.05) is 23.2 Å². The van der Waals surface area contributed by atoms with E-state index < -0.39 is 12.8 Å². The SMILES string of the molecule is FCC(F)C(Cl)=CCl. The summed E-state index contributed by atoms with van der Waals surface area (Å²) in [6.45, 7) is -1.12. The van der Waals surface area contributed by atoms with Gasteiger partial charge in [0.25, 0.3) is 0 Å². The molecular formula is C4H4Cl2F2. The van der Waals surface area contributed by atoms with Crippen molar-refractivity contribution in [2.24, 2.45) is 0 Å². The molecule has 48 valence electrons. The van der Waals surface area contributed by atoms with E-state index in [2.05, 4.69) is 0 Å². The second-order valence-corrected chi connectivity index (χ2v) is 1.77. The maximum atomic E-state index is 11.9.